The number of Topliss-reactive ketones (excluding diaryl/α,β-unsaturated/α-hetero) is 2. The van der Waals surface area contributed by atoms with Gasteiger partial charge in [0.15, 0.2) is 17.5 Å². The Hall–Kier alpha value is -1.79. The smallest absolute Gasteiger partial charge is 0.324 e. The highest BCUT2D eigenvalue weighted by atomic mass is 35.5. The fraction of sp³-hybridized carbons (Fsp3) is 0.471. The molecule has 1 aromatic rings. The predicted octanol–water partition coefficient (Wildman–Crippen LogP) is 2.47. The zero-order chi connectivity index (χ0) is 17.5. The first kappa shape index (κ1) is 17.0. The third-order valence-corrected chi connectivity index (χ3v) is 5.00. The van der Waals surface area contributed by atoms with E-state index >= 15 is 0 Å². The summed E-state index contributed by atoms with van der Waals surface area (Å²) < 4.78 is 24.1. The standard InChI is InChI=1S/C17H16ClFO5/c1-2-24-16(22)13-14(20)9-7-12(19)11(18)8-10(9)17(15(13)21)3-5-23-6-4-17/h7-8,13H,2-6H2,1H3. The van der Waals surface area contributed by atoms with Gasteiger partial charge in [0.1, 0.15) is 5.82 Å². The van der Waals surface area contributed by atoms with Crippen LogP contribution < -0.4 is 0 Å². The van der Waals surface area contributed by atoms with E-state index < -0.39 is 34.7 Å². The highest BCUT2D eigenvalue weighted by Gasteiger charge is 2.55. The van der Waals surface area contributed by atoms with Crippen molar-refractivity contribution >= 4 is 29.1 Å². The summed E-state index contributed by atoms with van der Waals surface area (Å²) in [6.45, 7) is 2.26. The van der Waals surface area contributed by atoms with Crippen molar-refractivity contribution in [3.63, 3.8) is 0 Å². The van der Waals surface area contributed by atoms with Crippen molar-refractivity contribution in [3.05, 3.63) is 34.1 Å². The van der Waals surface area contributed by atoms with E-state index in [4.69, 9.17) is 21.1 Å². The maximum Gasteiger partial charge on any atom is 0.324 e. The molecule has 1 spiro atoms. The van der Waals surface area contributed by atoms with E-state index in [-0.39, 0.29) is 17.2 Å². The monoisotopic (exact) mass is 354 g/mol. The van der Waals surface area contributed by atoms with Gasteiger partial charge in [-0.1, -0.05) is 11.6 Å². The van der Waals surface area contributed by atoms with Gasteiger partial charge in [-0.05, 0) is 37.5 Å². The minimum atomic E-state index is -1.56. The van der Waals surface area contributed by atoms with E-state index in [0.29, 0.717) is 31.6 Å². The summed E-state index contributed by atoms with van der Waals surface area (Å²) >= 11 is 5.87. The number of benzene rings is 1. The molecule has 7 heteroatoms. The van der Waals surface area contributed by atoms with Crippen LogP contribution in [0.5, 0.6) is 0 Å². The minimum absolute atomic E-state index is 0.0245. The number of halogens is 2. The number of carbonyl (C=O) groups is 3. The van der Waals surface area contributed by atoms with Gasteiger partial charge < -0.3 is 9.47 Å². The second kappa shape index (κ2) is 6.26. The maximum atomic E-state index is 13.9. The molecule has 5 nitrogen and oxygen atoms in total. The van der Waals surface area contributed by atoms with E-state index in [1.807, 2.05) is 0 Å². The number of rotatable bonds is 2. The van der Waals surface area contributed by atoms with Gasteiger partial charge in [-0.3, -0.25) is 14.4 Å². The molecular formula is C17H16ClFO5. The van der Waals surface area contributed by atoms with E-state index in [1.54, 1.807) is 6.92 Å². The molecule has 0 radical (unpaired) electrons. The Morgan fingerprint density at radius 2 is 2.04 bits per heavy atom. The molecular weight excluding hydrogens is 339 g/mol. The van der Waals surface area contributed by atoms with Crippen LogP contribution in [-0.2, 0) is 24.5 Å². The average molecular weight is 355 g/mol. The quantitative estimate of drug-likeness (QED) is 0.603. The Balaban J connectivity index is 2.20. The first-order valence-electron chi connectivity index (χ1n) is 7.75. The topological polar surface area (TPSA) is 69.7 Å². The molecule has 0 aromatic heterocycles. The van der Waals surface area contributed by atoms with Crippen LogP contribution in [-0.4, -0.2) is 37.4 Å². The highest BCUT2D eigenvalue weighted by molar-refractivity contribution is 6.32. The summed E-state index contributed by atoms with van der Waals surface area (Å²) in [5.74, 6) is -4.45. The summed E-state index contributed by atoms with van der Waals surface area (Å²) in [6.07, 6.45) is 0.619. The highest BCUT2D eigenvalue weighted by Crippen LogP contribution is 2.45. The van der Waals surface area contributed by atoms with Crippen LogP contribution in [0.1, 0.15) is 35.7 Å². The molecule has 3 rings (SSSR count). The molecule has 0 saturated carbocycles. The number of esters is 1. The fourth-order valence-electron chi connectivity index (χ4n) is 3.51. The molecule has 1 heterocycles. The molecule has 0 N–H and O–H groups in total. The third-order valence-electron chi connectivity index (χ3n) is 4.71. The van der Waals surface area contributed by atoms with Gasteiger partial charge in [0, 0.05) is 18.8 Å². The minimum Gasteiger partial charge on any atom is -0.465 e. The second-order valence-electron chi connectivity index (χ2n) is 5.92. The van der Waals surface area contributed by atoms with Crippen molar-refractivity contribution in [2.24, 2.45) is 5.92 Å². The molecule has 24 heavy (non-hydrogen) atoms. The van der Waals surface area contributed by atoms with Gasteiger partial charge in [0.2, 0.25) is 0 Å². The molecule has 1 atom stereocenters. The van der Waals surface area contributed by atoms with Crippen LogP contribution >= 0.6 is 11.6 Å². The summed E-state index contributed by atoms with van der Waals surface area (Å²) in [5, 5.41) is -0.158. The molecule has 0 amide bonds. The SMILES string of the molecule is CCOC(=O)C1C(=O)c2cc(F)c(Cl)cc2C2(CCOCC2)C1=O. The first-order chi connectivity index (χ1) is 11.4. The molecule has 1 aromatic carbocycles. The lowest BCUT2D eigenvalue weighted by molar-refractivity contribution is -0.152. The average Bonchev–Trinajstić information content (AvgIpc) is 2.56. The van der Waals surface area contributed by atoms with Gasteiger partial charge >= 0.3 is 5.97 Å². The second-order valence-corrected chi connectivity index (χ2v) is 6.33. The van der Waals surface area contributed by atoms with Crippen LogP contribution in [0.2, 0.25) is 5.02 Å². The summed E-state index contributed by atoms with van der Waals surface area (Å²) in [7, 11) is 0. The van der Waals surface area contributed by atoms with Gasteiger partial charge in [0.25, 0.3) is 0 Å². The van der Waals surface area contributed by atoms with E-state index in [2.05, 4.69) is 0 Å². The number of carbonyl (C=O) groups excluding carboxylic acids is 3. The third kappa shape index (κ3) is 2.45. The van der Waals surface area contributed by atoms with Crippen molar-refractivity contribution in [2.75, 3.05) is 19.8 Å². The number of ketones is 2. The Kier molecular flexibility index (Phi) is 4.44. The van der Waals surface area contributed by atoms with Gasteiger partial charge in [-0.15, -0.1) is 0 Å². The van der Waals surface area contributed by atoms with Crippen LogP contribution in [0.25, 0.3) is 0 Å². The van der Waals surface area contributed by atoms with Gasteiger partial charge in [-0.2, -0.15) is 0 Å². The predicted molar refractivity (Wildman–Crippen MR) is 82.6 cm³/mol. The summed E-state index contributed by atoms with van der Waals surface area (Å²) in [5.41, 5.74) is -0.666. The Morgan fingerprint density at radius 3 is 2.67 bits per heavy atom. The fourth-order valence-corrected chi connectivity index (χ4v) is 3.67. The summed E-state index contributed by atoms with van der Waals surface area (Å²) in [4.78, 5) is 37.9. The summed E-state index contributed by atoms with van der Waals surface area (Å²) in [6, 6.07) is 2.34. The van der Waals surface area contributed by atoms with E-state index in [0.717, 1.165) is 6.07 Å². The number of fused-ring (bicyclic) bond motifs is 2. The van der Waals surface area contributed by atoms with Gasteiger partial charge in [0.05, 0.1) is 17.0 Å². The molecule has 2 aliphatic rings. The molecule has 128 valence electrons. The Bertz CT molecular complexity index is 724. The molecule has 1 aliphatic carbocycles. The van der Waals surface area contributed by atoms with Crippen molar-refractivity contribution in [1.82, 2.24) is 0 Å². The van der Waals surface area contributed by atoms with Crippen molar-refractivity contribution in [1.29, 1.82) is 0 Å². The molecule has 1 aliphatic heterocycles. The number of hydrogen-bond acceptors (Lipinski definition) is 5. The zero-order valence-corrected chi connectivity index (χ0v) is 13.8. The normalized spacial score (nSPS) is 22.4. The number of hydrogen-bond donors (Lipinski definition) is 0. The lowest BCUT2D eigenvalue weighted by Gasteiger charge is -2.42. The lowest BCUT2D eigenvalue weighted by atomic mass is 9.61. The lowest BCUT2D eigenvalue weighted by Crippen LogP contribution is -2.53. The molecule has 1 unspecified atom stereocenters. The Labute approximate surface area is 143 Å². The number of ether oxygens (including phenoxy) is 2. The van der Waals surface area contributed by atoms with E-state index in [1.165, 1.54) is 6.07 Å². The van der Waals surface area contributed by atoms with E-state index in [9.17, 15) is 18.8 Å². The van der Waals surface area contributed by atoms with Crippen LogP contribution in [0.3, 0.4) is 0 Å². The molecule has 1 fully saturated rings. The Morgan fingerprint density at radius 1 is 1.38 bits per heavy atom. The largest absolute Gasteiger partial charge is 0.465 e. The van der Waals surface area contributed by atoms with Crippen LogP contribution in [0.4, 0.5) is 4.39 Å². The first-order valence-corrected chi connectivity index (χ1v) is 8.12. The van der Waals surface area contributed by atoms with Crippen LogP contribution in [0.15, 0.2) is 12.1 Å². The molecule has 1 saturated heterocycles. The van der Waals surface area contributed by atoms with Crippen molar-refractivity contribution in [2.45, 2.75) is 25.2 Å². The molecule has 0 bridgehead atoms. The maximum absolute atomic E-state index is 13.9. The van der Waals surface area contributed by atoms with Crippen molar-refractivity contribution < 1.29 is 28.2 Å². The van der Waals surface area contributed by atoms with Crippen LogP contribution in [0, 0.1) is 11.7 Å². The van der Waals surface area contributed by atoms with Gasteiger partial charge in [-0.25, -0.2) is 4.39 Å². The van der Waals surface area contributed by atoms with Crippen molar-refractivity contribution in [3.8, 4) is 0 Å². The zero-order valence-electron chi connectivity index (χ0n) is 13.1.